The van der Waals surface area contributed by atoms with Crippen LogP contribution in [0.3, 0.4) is 0 Å². The Morgan fingerprint density at radius 3 is 3.00 bits per heavy atom. The molecule has 0 aliphatic carbocycles. The van der Waals surface area contributed by atoms with Crippen LogP contribution in [0.25, 0.3) is 0 Å². The van der Waals surface area contributed by atoms with E-state index in [0.717, 1.165) is 0 Å². The number of amides is 1. The van der Waals surface area contributed by atoms with Gasteiger partial charge in [0, 0.05) is 6.20 Å². The molecule has 2 rings (SSSR count). The van der Waals surface area contributed by atoms with Crippen LogP contribution in [0.15, 0.2) is 23.8 Å². The number of carbonyl (C=O) groups is 2. The second-order valence-electron chi connectivity index (χ2n) is 3.10. The maximum Gasteiger partial charge on any atom is 0.350 e. The first-order chi connectivity index (χ1) is 8.22. The number of anilines is 1. The van der Waals surface area contributed by atoms with Crippen molar-refractivity contribution in [2.24, 2.45) is 0 Å². The van der Waals surface area contributed by atoms with Crippen molar-refractivity contribution >= 4 is 28.9 Å². The fourth-order valence-corrected chi connectivity index (χ4v) is 1.99. The van der Waals surface area contributed by atoms with Gasteiger partial charge in [0.15, 0.2) is 0 Å². The number of esters is 1. The zero-order valence-electron chi connectivity index (χ0n) is 8.89. The summed E-state index contributed by atoms with van der Waals surface area (Å²) in [6, 6.07) is 1.65. The monoisotopic (exact) mass is 251 g/mol. The number of rotatable bonds is 3. The van der Waals surface area contributed by atoms with Crippen LogP contribution in [0.2, 0.25) is 0 Å². The Morgan fingerprint density at radius 2 is 2.35 bits per heavy atom. The summed E-state index contributed by atoms with van der Waals surface area (Å²) < 4.78 is 4.61. The lowest BCUT2D eigenvalue weighted by molar-refractivity contribution is 0.0607. The van der Waals surface area contributed by atoms with Crippen molar-refractivity contribution < 1.29 is 14.3 Å². The number of hydrogen-bond donors (Lipinski definition) is 2. The summed E-state index contributed by atoms with van der Waals surface area (Å²) in [5.41, 5.74) is 0.833. The molecule has 0 aliphatic rings. The van der Waals surface area contributed by atoms with Crippen molar-refractivity contribution in [1.29, 1.82) is 0 Å². The summed E-state index contributed by atoms with van der Waals surface area (Å²) in [6.45, 7) is 0. The average molecular weight is 251 g/mol. The third kappa shape index (κ3) is 2.34. The minimum Gasteiger partial charge on any atom is -0.465 e. The quantitative estimate of drug-likeness (QED) is 0.810. The smallest absolute Gasteiger partial charge is 0.350 e. The summed E-state index contributed by atoms with van der Waals surface area (Å²) in [6.07, 6.45) is 2.87. The Morgan fingerprint density at radius 1 is 1.53 bits per heavy atom. The van der Waals surface area contributed by atoms with Gasteiger partial charge in [-0.3, -0.25) is 9.89 Å². The van der Waals surface area contributed by atoms with Crippen molar-refractivity contribution in [3.63, 3.8) is 0 Å². The first-order valence-corrected chi connectivity index (χ1v) is 5.56. The Hall–Kier alpha value is -2.15. The molecule has 1 amide bonds. The molecule has 0 bridgehead atoms. The number of aromatic amines is 1. The lowest BCUT2D eigenvalue weighted by Crippen LogP contribution is -2.13. The number of ether oxygens (including phenoxy) is 1. The van der Waals surface area contributed by atoms with E-state index >= 15 is 0 Å². The van der Waals surface area contributed by atoms with Crippen LogP contribution in [0.4, 0.5) is 5.69 Å². The molecule has 0 aromatic carbocycles. The number of hydrogen-bond acceptors (Lipinski definition) is 5. The van der Waals surface area contributed by atoms with Crippen molar-refractivity contribution in [3.05, 3.63) is 34.3 Å². The minimum atomic E-state index is -0.470. The maximum atomic E-state index is 11.7. The normalized spacial score (nSPS) is 9.94. The third-order valence-electron chi connectivity index (χ3n) is 2.04. The van der Waals surface area contributed by atoms with Crippen molar-refractivity contribution in [2.75, 3.05) is 12.4 Å². The van der Waals surface area contributed by atoms with Crippen LogP contribution in [0, 0.1) is 0 Å². The molecule has 0 unspecified atom stereocenters. The highest BCUT2D eigenvalue weighted by Crippen LogP contribution is 2.23. The van der Waals surface area contributed by atoms with Gasteiger partial charge in [0.25, 0.3) is 5.91 Å². The van der Waals surface area contributed by atoms with Gasteiger partial charge in [-0.2, -0.15) is 5.10 Å². The Labute approximate surface area is 101 Å². The molecule has 6 nitrogen and oxygen atoms in total. The molecule has 0 saturated heterocycles. The van der Waals surface area contributed by atoms with E-state index in [1.807, 2.05) is 0 Å². The Balaban J connectivity index is 2.17. The van der Waals surface area contributed by atoms with E-state index in [1.165, 1.54) is 30.8 Å². The van der Waals surface area contributed by atoms with E-state index in [4.69, 9.17) is 0 Å². The maximum absolute atomic E-state index is 11.7. The largest absolute Gasteiger partial charge is 0.465 e. The first kappa shape index (κ1) is 11.3. The molecule has 0 radical (unpaired) electrons. The molecule has 2 aromatic rings. The zero-order chi connectivity index (χ0) is 12.3. The van der Waals surface area contributed by atoms with Crippen LogP contribution in [0.5, 0.6) is 0 Å². The SMILES string of the molecule is COC(=O)c1sccc1NC(=O)c1cn[nH]c1. The number of nitrogens with one attached hydrogen (secondary N) is 2. The molecule has 0 spiro atoms. The number of nitrogens with zero attached hydrogens (tertiary/aromatic N) is 1. The van der Waals surface area contributed by atoms with Crippen LogP contribution >= 0.6 is 11.3 Å². The number of aromatic nitrogens is 2. The lowest BCUT2D eigenvalue weighted by atomic mass is 10.3. The molecule has 88 valence electrons. The molecule has 7 heteroatoms. The molecule has 17 heavy (non-hydrogen) atoms. The summed E-state index contributed by atoms with van der Waals surface area (Å²) in [5, 5.41) is 10.5. The van der Waals surface area contributed by atoms with Crippen molar-refractivity contribution in [2.45, 2.75) is 0 Å². The van der Waals surface area contributed by atoms with Gasteiger partial charge in [-0.25, -0.2) is 4.79 Å². The van der Waals surface area contributed by atoms with E-state index in [2.05, 4.69) is 20.3 Å². The highest BCUT2D eigenvalue weighted by Gasteiger charge is 2.16. The number of carbonyl (C=O) groups excluding carboxylic acids is 2. The van der Waals surface area contributed by atoms with Gasteiger partial charge in [0.1, 0.15) is 4.88 Å². The van der Waals surface area contributed by atoms with Gasteiger partial charge >= 0.3 is 5.97 Å². The molecule has 2 aromatic heterocycles. The average Bonchev–Trinajstić information content (AvgIpc) is 2.98. The topological polar surface area (TPSA) is 84.1 Å². The van der Waals surface area contributed by atoms with E-state index in [9.17, 15) is 9.59 Å². The lowest BCUT2D eigenvalue weighted by Gasteiger charge is -2.03. The molecular weight excluding hydrogens is 242 g/mol. The number of H-pyrrole nitrogens is 1. The van der Waals surface area contributed by atoms with Crippen LogP contribution in [-0.2, 0) is 4.74 Å². The Bertz CT molecular complexity index is 533. The Kier molecular flexibility index (Phi) is 3.20. The molecule has 2 N–H and O–H groups in total. The van der Waals surface area contributed by atoms with Crippen LogP contribution in [0.1, 0.15) is 20.0 Å². The van der Waals surface area contributed by atoms with Gasteiger partial charge in [-0.15, -0.1) is 11.3 Å². The van der Waals surface area contributed by atoms with Gasteiger partial charge in [0.2, 0.25) is 0 Å². The summed E-state index contributed by atoms with van der Waals surface area (Å²) in [5.74, 6) is -0.801. The van der Waals surface area contributed by atoms with Crippen molar-refractivity contribution in [1.82, 2.24) is 10.2 Å². The summed E-state index contributed by atoms with van der Waals surface area (Å²) >= 11 is 1.21. The van der Waals surface area contributed by atoms with Gasteiger partial charge in [-0.05, 0) is 11.4 Å². The predicted molar refractivity (Wildman–Crippen MR) is 62.2 cm³/mol. The van der Waals surface area contributed by atoms with Crippen LogP contribution < -0.4 is 5.32 Å². The molecular formula is C10H9N3O3S. The van der Waals surface area contributed by atoms with E-state index in [-0.39, 0.29) is 5.91 Å². The third-order valence-corrected chi connectivity index (χ3v) is 2.94. The predicted octanol–water partition coefficient (Wildman–Crippen LogP) is 1.51. The first-order valence-electron chi connectivity index (χ1n) is 4.68. The highest BCUT2D eigenvalue weighted by molar-refractivity contribution is 7.12. The van der Waals surface area contributed by atoms with Crippen LogP contribution in [-0.4, -0.2) is 29.2 Å². The molecule has 0 atom stereocenters. The summed E-state index contributed by atoms with van der Waals surface area (Å²) in [4.78, 5) is 23.5. The standard InChI is InChI=1S/C10H9N3O3S/c1-16-10(15)8-7(2-3-17-8)13-9(14)6-4-11-12-5-6/h2-5H,1H3,(H,11,12)(H,13,14). The number of methoxy groups -OCH3 is 1. The fraction of sp³-hybridized carbons (Fsp3) is 0.100. The fourth-order valence-electron chi connectivity index (χ4n) is 1.23. The van der Waals surface area contributed by atoms with E-state index in [0.29, 0.717) is 16.1 Å². The molecule has 0 aliphatic heterocycles. The van der Waals surface area contributed by atoms with Gasteiger partial charge < -0.3 is 10.1 Å². The van der Waals surface area contributed by atoms with E-state index < -0.39 is 5.97 Å². The molecule has 0 saturated carbocycles. The second-order valence-corrected chi connectivity index (χ2v) is 4.01. The molecule has 2 heterocycles. The number of thiophene rings is 1. The van der Waals surface area contributed by atoms with Crippen molar-refractivity contribution in [3.8, 4) is 0 Å². The second kappa shape index (κ2) is 4.79. The zero-order valence-corrected chi connectivity index (χ0v) is 9.71. The summed E-state index contributed by atoms with van der Waals surface area (Å²) in [7, 11) is 1.30. The van der Waals surface area contributed by atoms with Gasteiger partial charge in [0.05, 0.1) is 24.6 Å². The van der Waals surface area contributed by atoms with Gasteiger partial charge in [-0.1, -0.05) is 0 Å². The highest BCUT2D eigenvalue weighted by atomic mass is 32.1. The molecule has 0 fully saturated rings. The minimum absolute atomic E-state index is 0.331. The van der Waals surface area contributed by atoms with E-state index in [1.54, 1.807) is 11.4 Å².